The highest BCUT2D eigenvalue weighted by atomic mass is 19.1. The van der Waals surface area contributed by atoms with E-state index >= 15 is 0 Å². The van der Waals surface area contributed by atoms with Crippen molar-refractivity contribution in [1.82, 2.24) is 9.80 Å². The van der Waals surface area contributed by atoms with E-state index < -0.39 is 0 Å². The van der Waals surface area contributed by atoms with Crippen molar-refractivity contribution in [3.63, 3.8) is 0 Å². The highest BCUT2D eigenvalue weighted by molar-refractivity contribution is 5.33. The van der Waals surface area contributed by atoms with E-state index in [0.717, 1.165) is 50.5 Å². The molecule has 1 atom stereocenters. The van der Waals surface area contributed by atoms with Crippen molar-refractivity contribution in [2.45, 2.75) is 25.6 Å². The standard InChI is InChI=1S/C21H27FN2O2/c1-26-21-5-3-2-4-18(21)15-23-11-12-24(20(16-23)10-13-25)14-17-6-8-19(22)9-7-17/h2-9,20,25H,10-16H2,1H3. The second-order valence-electron chi connectivity index (χ2n) is 6.81. The number of aliphatic hydroxyl groups excluding tert-OH is 1. The van der Waals surface area contributed by atoms with Gasteiger partial charge < -0.3 is 9.84 Å². The quantitative estimate of drug-likeness (QED) is 0.826. The van der Waals surface area contributed by atoms with Crippen molar-refractivity contribution in [1.29, 1.82) is 0 Å². The Labute approximate surface area is 154 Å². The first-order valence-corrected chi connectivity index (χ1v) is 9.13. The summed E-state index contributed by atoms with van der Waals surface area (Å²) >= 11 is 0. The lowest BCUT2D eigenvalue weighted by molar-refractivity contribution is 0.0496. The van der Waals surface area contributed by atoms with Crippen LogP contribution in [-0.4, -0.2) is 54.3 Å². The van der Waals surface area contributed by atoms with Gasteiger partial charge >= 0.3 is 0 Å². The molecule has 0 saturated carbocycles. The maximum atomic E-state index is 13.1. The summed E-state index contributed by atoms with van der Waals surface area (Å²) in [7, 11) is 1.70. The van der Waals surface area contributed by atoms with Gasteiger partial charge in [0.25, 0.3) is 0 Å². The number of rotatable bonds is 7. The van der Waals surface area contributed by atoms with Crippen molar-refractivity contribution < 1.29 is 14.2 Å². The van der Waals surface area contributed by atoms with Gasteiger partial charge in [0.1, 0.15) is 11.6 Å². The summed E-state index contributed by atoms with van der Waals surface area (Å²) in [5.41, 5.74) is 2.29. The molecule has 0 aromatic heterocycles. The second kappa shape index (κ2) is 9.12. The molecule has 5 heteroatoms. The molecule has 1 N–H and O–H groups in total. The van der Waals surface area contributed by atoms with Crippen LogP contribution in [0.4, 0.5) is 4.39 Å². The third kappa shape index (κ3) is 4.81. The number of hydrogen-bond acceptors (Lipinski definition) is 4. The van der Waals surface area contributed by atoms with E-state index in [2.05, 4.69) is 15.9 Å². The van der Waals surface area contributed by atoms with Crippen LogP contribution in [0, 0.1) is 5.82 Å². The SMILES string of the molecule is COc1ccccc1CN1CCN(Cc2ccc(F)cc2)C(CCO)C1. The van der Waals surface area contributed by atoms with Crippen LogP contribution in [0.1, 0.15) is 17.5 Å². The molecule has 0 aliphatic carbocycles. The number of piperazine rings is 1. The number of halogens is 1. The fraction of sp³-hybridized carbons (Fsp3) is 0.429. The van der Waals surface area contributed by atoms with Crippen LogP contribution in [0.2, 0.25) is 0 Å². The maximum Gasteiger partial charge on any atom is 0.123 e. The van der Waals surface area contributed by atoms with Crippen molar-refractivity contribution in [3.8, 4) is 5.75 Å². The zero-order valence-corrected chi connectivity index (χ0v) is 15.3. The van der Waals surface area contributed by atoms with Crippen LogP contribution in [-0.2, 0) is 13.1 Å². The number of benzene rings is 2. The number of nitrogens with zero attached hydrogens (tertiary/aromatic N) is 2. The molecular weight excluding hydrogens is 331 g/mol. The minimum atomic E-state index is -0.206. The normalized spacial score (nSPS) is 18.8. The molecule has 0 radical (unpaired) electrons. The van der Waals surface area contributed by atoms with E-state index in [-0.39, 0.29) is 18.5 Å². The Kier molecular flexibility index (Phi) is 6.61. The van der Waals surface area contributed by atoms with E-state index in [1.807, 2.05) is 30.3 Å². The fourth-order valence-corrected chi connectivity index (χ4v) is 3.63. The summed E-state index contributed by atoms with van der Waals surface area (Å²) in [4.78, 5) is 4.81. The molecule has 1 heterocycles. The summed E-state index contributed by atoms with van der Waals surface area (Å²) in [6.45, 7) is 4.59. The predicted molar refractivity (Wildman–Crippen MR) is 101 cm³/mol. The first kappa shape index (κ1) is 18.8. The molecule has 1 aliphatic heterocycles. The van der Waals surface area contributed by atoms with Gasteiger partial charge in [-0.3, -0.25) is 9.80 Å². The minimum Gasteiger partial charge on any atom is -0.496 e. The van der Waals surface area contributed by atoms with Crippen molar-refractivity contribution in [3.05, 3.63) is 65.5 Å². The smallest absolute Gasteiger partial charge is 0.123 e. The number of aliphatic hydroxyl groups is 1. The molecule has 0 spiro atoms. The number of ether oxygens (including phenoxy) is 1. The molecule has 2 aromatic carbocycles. The van der Waals surface area contributed by atoms with Crippen LogP contribution in [0.15, 0.2) is 48.5 Å². The molecule has 0 amide bonds. The number of hydrogen-bond donors (Lipinski definition) is 1. The van der Waals surface area contributed by atoms with Gasteiger partial charge in [0.2, 0.25) is 0 Å². The molecule has 1 saturated heterocycles. The molecule has 26 heavy (non-hydrogen) atoms. The summed E-state index contributed by atoms with van der Waals surface area (Å²) in [5.74, 6) is 0.710. The lowest BCUT2D eigenvalue weighted by Gasteiger charge is -2.41. The summed E-state index contributed by atoms with van der Waals surface area (Å²) in [6, 6.07) is 15.1. The van der Waals surface area contributed by atoms with Crippen molar-refractivity contribution >= 4 is 0 Å². The first-order chi connectivity index (χ1) is 12.7. The van der Waals surface area contributed by atoms with Crippen LogP contribution < -0.4 is 4.74 Å². The van der Waals surface area contributed by atoms with Crippen LogP contribution in [0.3, 0.4) is 0 Å². The van der Waals surface area contributed by atoms with Gasteiger partial charge in [-0.15, -0.1) is 0 Å². The molecule has 4 nitrogen and oxygen atoms in total. The average molecular weight is 358 g/mol. The Morgan fingerprint density at radius 3 is 2.58 bits per heavy atom. The third-order valence-electron chi connectivity index (χ3n) is 5.04. The topological polar surface area (TPSA) is 35.9 Å². The molecule has 1 fully saturated rings. The maximum absolute atomic E-state index is 13.1. The van der Waals surface area contributed by atoms with Gasteiger partial charge in [0.05, 0.1) is 7.11 Å². The molecule has 140 valence electrons. The van der Waals surface area contributed by atoms with Gasteiger partial charge in [0, 0.05) is 50.9 Å². The Morgan fingerprint density at radius 2 is 1.85 bits per heavy atom. The van der Waals surface area contributed by atoms with E-state index in [4.69, 9.17) is 4.74 Å². The van der Waals surface area contributed by atoms with Gasteiger partial charge in [-0.2, -0.15) is 0 Å². The Balaban J connectivity index is 1.64. The van der Waals surface area contributed by atoms with Crippen LogP contribution in [0.5, 0.6) is 5.75 Å². The molecule has 0 bridgehead atoms. The summed E-state index contributed by atoms with van der Waals surface area (Å²) in [6.07, 6.45) is 0.740. The highest BCUT2D eigenvalue weighted by Gasteiger charge is 2.27. The lowest BCUT2D eigenvalue weighted by Crippen LogP contribution is -2.52. The lowest BCUT2D eigenvalue weighted by atomic mass is 10.1. The molecule has 2 aromatic rings. The molecule has 1 unspecified atom stereocenters. The van der Waals surface area contributed by atoms with Gasteiger partial charge in [-0.05, 0) is 30.2 Å². The summed E-state index contributed by atoms with van der Waals surface area (Å²) < 4.78 is 18.6. The Hall–Kier alpha value is -1.95. The van der Waals surface area contributed by atoms with Gasteiger partial charge in [-0.1, -0.05) is 30.3 Å². The zero-order chi connectivity index (χ0) is 18.4. The molecule has 1 aliphatic rings. The monoisotopic (exact) mass is 358 g/mol. The van der Waals surface area contributed by atoms with E-state index in [9.17, 15) is 9.50 Å². The minimum absolute atomic E-state index is 0.174. The van der Waals surface area contributed by atoms with E-state index in [1.54, 1.807) is 7.11 Å². The Bertz CT molecular complexity index is 693. The second-order valence-corrected chi connectivity index (χ2v) is 6.81. The van der Waals surface area contributed by atoms with E-state index in [1.165, 1.54) is 17.7 Å². The molecular formula is C21H27FN2O2. The van der Waals surface area contributed by atoms with Gasteiger partial charge in [-0.25, -0.2) is 4.39 Å². The third-order valence-corrected chi connectivity index (χ3v) is 5.04. The van der Waals surface area contributed by atoms with Crippen molar-refractivity contribution in [2.75, 3.05) is 33.4 Å². The van der Waals surface area contributed by atoms with Crippen LogP contribution in [0.25, 0.3) is 0 Å². The largest absolute Gasteiger partial charge is 0.496 e. The van der Waals surface area contributed by atoms with Gasteiger partial charge in [0.15, 0.2) is 0 Å². The number of para-hydroxylation sites is 1. The first-order valence-electron chi connectivity index (χ1n) is 9.13. The number of methoxy groups -OCH3 is 1. The van der Waals surface area contributed by atoms with Crippen molar-refractivity contribution in [2.24, 2.45) is 0 Å². The van der Waals surface area contributed by atoms with E-state index in [0.29, 0.717) is 0 Å². The van der Waals surface area contributed by atoms with Crippen LogP contribution >= 0.6 is 0 Å². The Morgan fingerprint density at radius 1 is 1.08 bits per heavy atom. The zero-order valence-electron chi connectivity index (χ0n) is 15.3. The summed E-state index contributed by atoms with van der Waals surface area (Å²) in [5, 5.41) is 9.48. The highest BCUT2D eigenvalue weighted by Crippen LogP contribution is 2.23. The average Bonchev–Trinajstić information content (AvgIpc) is 2.66. The predicted octanol–water partition coefficient (Wildman–Crippen LogP) is 2.90. The fourth-order valence-electron chi connectivity index (χ4n) is 3.63. The molecule has 3 rings (SSSR count).